The molecular formula is C19H24ClN3O3. The zero-order valence-electron chi connectivity index (χ0n) is 14.8. The molecule has 0 bridgehead atoms. The molecule has 0 radical (unpaired) electrons. The lowest BCUT2D eigenvalue weighted by Gasteiger charge is -2.14. The molecule has 0 unspecified atom stereocenters. The van der Waals surface area contributed by atoms with Crippen LogP contribution in [0.4, 0.5) is 5.69 Å². The predicted molar refractivity (Wildman–Crippen MR) is 105 cm³/mol. The number of benzene rings is 2. The van der Waals surface area contributed by atoms with Gasteiger partial charge < -0.3 is 21.5 Å². The number of rotatable bonds is 7. The highest BCUT2D eigenvalue weighted by Crippen LogP contribution is 2.24. The number of halogens is 1. The summed E-state index contributed by atoms with van der Waals surface area (Å²) in [4.78, 5) is 23.2. The zero-order chi connectivity index (χ0) is 18.4. The number of hydrogen-bond donors (Lipinski definition) is 3. The van der Waals surface area contributed by atoms with E-state index in [4.69, 9.17) is 16.2 Å². The van der Waals surface area contributed by atoms with Crippen LogP contribution >= 0.6 is 12.4 Å². The Morgan fingerprint density at radius 3 is 2.31 bits per heavy atom. The molecule has 0 aliphatic carbocycles. The van der Waals surface area contributed by atoms with Crippen LogP contribution in [0.2, 0.25) is 0 Å². The number of hydrogen-bond acceptors (Lipinski definition) is 4. The lowest BCUT2D eigenvalue weighted by Crippen LogP contribution is -2.36. The van der Waals surface area contributed by atoms with Crippen LogP contribution < -0.4 is 21.5 Å². The van der Waals surface area contributed by atoms with Crippen molar-refractivity contribution in [2.45, 2.75) is 26.3 Å². The van der Waals surface area contributed by atoms with Crippen LogP contribution in [0.1, 0.15) is 30.6 Å². The van der Waals surface area contributed by atoms with E-state index in [0.717, 1.165) is 0 Å². The van der Waals surface area contributed by atoms with Crippen molar-refractivity contribution in [2.75, 3.05) is 5.32 Å². The van der Waals surface area contributed by atoms with E-state index in [9.17, 15) is 9.59 Å². The van der Waals surface area contributed by atoms with Crippen molar-refractivity contribution in [3.05, 3.63) is 54.1 Å². The quantitative estimate of drug-likeness (QED) is 0.687. The summed E-state index contributed by atoms with van der Waals surface area (Å²) in [5, 5.41) is 2.78. The minimum absolute atomic E-state index is 0. The van der Waals surface area contributed by atoms with Gasteiger partial charge in [0.1, 0.15) is 11.5 Å². The molecule has 2 aromatic rings. The number of amides is 2. The average molecular weight is 378 g/mol. The fourth-order valence-electron chi connectivity index (χ4n) is 2.31. The molecule has 140 valence electrons. The summed E-state index contributed by atoms with van der Waals surface area (Å²) in [6.07, 6.45) is 0.628. The van der Waals surface area contributed by atoms with Gasteiger partial charge in [0.25, 0.3) is 0 Å². The number of anilines is 1. The second-order valence-corrected chi connectivity index (χ2v) is 6.24. The first-order valence-electron chi connectivity index (χ1n) is 8.09. The lowest BCUT2D eigenvalue weighted by molar-refractivity contribution is -0.117. The van der Waals surface area contributed by atoms with E-state index in [1.807, 2.05) is 13.8 Å². The molecule has 0 spiro atoms. The molecule has 2 aromatic carbocycles. The maximum Gasteiger partial charge on any atom is 0.248 e. The van der Waals surface area contributed by atoms with E-state index in [1.165, 1.54) is 0 Å². The molecule has 7 heteroatoms. The Balaban J connectivity index is 0.00000338. The van der Waals surface area contributed by atoms with E-state index in [0.29, 0.717) is 35.1 Å². The first kappa shape index (κ1) is 21.5. The maximum absolute atomic E-state index is 12.0. The minimum Gasteiger partial charge on any atom is -0.457 e. The smallest absolute Gasteiger partial charge is 0.248 e. The highest BCUT2D eigenvalue weighted by atomic mass is 35.5. The van der Waals surface area contributed by atoms with Gasteiger partial charge in [0.2, 0.25) is 11.8 Å². The number of primary amides is 1. The summed E-state index contributed by atoms with van der Waals surface area (Å²) in [5.41, 5.74) is 12.1. The van der Waals surface area contributed by atoms with Crippen LogP contribution in [0.25, 0.3) is 0 Å². The summed E-state index contributed by atoms with van der Waals surface area (Å²) in [6.45, 7) is 4.04. The van der Waals surface area contributed by atoms with Crippen LogP contribution in [0.15, 0.2) is 48.5 Å². The average Bonchev–Trinajstić information content (AvgIpc) is 2.56. The largest absolute Gasteiger partial charge is 0.457 e. The third-order valence-corrected chi connectivity index (χ3v) is 3.54. The van der Waals surface area contributed by atoms with Crippen LogP contribution in [0.3, 0.4) is 0 Å². The van der Waals surface area contributed by atoms with Crippen molar-refractivity contribution in [2.24, 2.45) is 17.4 Å². The summed E-state index contributed by atoms with van der Waals surface area (Å²) in [6, 6.07) is 13.0. The predicted octanol–water partition coefficient (Wildman–Crippen LogP) is 3.31. The zero-order valence-corrected chi connectivity index (χ0v) is 15.6. The second-order valence-electron chi connectivity index (χ2n) is 6.24. The number of nitrogens with two attached hydrogens (primary N) is 2. The third-order valence-electron chi connectivity index (χ3n) is 3.54. The molecule has 2 rings (SSSR count). The van der Waals surface area contributed by atoms with Gasteiger partial charge in [-0.1, -0.05) is 19.9 Å². The number of carbonyl (C=O) groups excluding carboxylic acids is 2. The van der Waals surface area contributed by atoms with Gasteiger partial charge in [-0.2, -0.15) is 0 Å². The molecule has 2 amide bonds. The standard InChI is InChI=1S/C19H23N3O3.ClH/c1-12(2)10-17(20)19(24)22-14-6-8-15(9-7-14)25-16-5-3-4-13(11-16)18(21)23;/h3-9,11-12,17H,10,20H2,1-2H3,(H2,21,23)(H,22,24);1H/t17-;/m0./s1. The minimum atomic E-state index is -0.535. The summed E-state index contributed by atoms with van der Waals surface area (Å²) < 4.78 is 5.68. The first-order chi connectivity index (χ1) is 11.8. The summed E-state index contributed by atoms with van der Waals surface area (Å²) >= 11 is 0. The molecule has 0 fully saturated rings. The van der Waals surface area contributed by atoms with Crippen LogP contribution in [0.5, 0.6) is 11.5 Å². The van der Waals surface area contributed by atoms with Crippen molar-refractivity contribution >= 4 is 29.9 Å². The molecule has 0 saturated heterocycles. The normalized spacial score (nSPS) is 11.4. The van der Waals surface area contributed by atoms with Gasteiger partial charge in [-0.15, -0.1) is 12.4 Å². The molecule has 0 saturated carbocycles. The third kappa shape index (κ3) is 6.38. The van der Waals surface area contributed by atoms with Crippen molar-refractivity contribution in [1.82, 2.24) is 0 Å². The highest BCUT2D eigenvalue weighted by molar-refractivity contribution is 5.94. The molecule has 6 nitrogen and oxygen atoms in total. The van der Waals surface area contributed by atoms with Gasteiger partial charge >= 0.3 is 0 Å². The van der Waals surface area contributed by atoms with Crippen LogP contribution in [-0.4, -0.2) is 17.9 Å². The fourth-order valence-corrected chi connectivity index (χ4v) is 2.31. The molecule has 1 atom stereocenters. The van der Waals surface area contributed by atoms with Gasteiger partial charge in [0, 0.05) is 11.3 Å². The first-order valence-corrected chi connectivity index (χ1v) is 8.09. The van der Waals surface area contributed by atoms with E-state index in [-0.39, 0.29) is 18.3 Å². The SMILES string of the molecule is CC(C)C[C@H](N)C(=O)Nc1ccc(Oc2cccc(C(N)=O)c2)cc1.Cl. The second kappa shape index (κ2) is 9.79. The molecule has 5 N–H and O–H groups in total. The van der Waals surface area contributed by atoms with E-state index in [2.05, 4.69) is 5.32 Å². The molecule has 26 heavy (non-hydrogen) atoms. The molecule has 0 aromatic heterocycles. The van der Waals surface area contributed by atoms with Gasteiger partial charge in [0.05, 0.1) is 6.04 Å². The van der Waals surface area contributed by atoms with E-state index in [1.54, 1.807) is 48.5 Å². The Labute approximate surface area is 159 Å². The van der Waals surface area contributed by atoms with E-state index >= 15 is 0 Å². The maximum atomic E-state index is 12.0. The summed E-state index contributed by atoms with van der Waals surface area (Å²) in [7, 11) is 0. The van der Waals surface area contributed by atoms with E-state index < -0.39 is 11.9 Å². The van der Waals surface area contributed by atoms with Crippen LogP contribution in [0, 0.1) is 5.92 Å². The number of nitrogens with one attached hydrogen (secondary N) is 1. The monoisotopic (exact) mass is 377 g/mol. The van der Waals surface area contributed by atoms with Gasteiger partial charge in [0.15, 0.2) is 0 Å². The Morgan fingerprint density at radius 1 is 1.08 bits per heavy atom. The Kier molecular flexibility index (Phi) is 8.09. The Bertz CT molecular complexity index is 748. The highest BCUT2D eigenvalue weighted by Gasteiger charge is 2.15. The fraction of sp³-hybridized carbons (Fsp3) is 0.263. The van der Waals surface area contributed by atoms with Crippen molar-refractivity contribution < 1.29 is 14.3 Å². The van der Waals surface area contributed by atoms with Gasteiger partial charge in [-0.05, 0) is 54.8 Å². The molecule has 0 heterocycles. The Hall–Kier alpha value is -2.57. The lowest BCUT2D eigenvalue weighted by atomic mass is 10.0. The van der Waals surface area contributed by atoms with Crippen LogP contribution in [-0.2, 0) is 4.79 Å². The molecule has 0 aliphatic rings. The molecule has 0 aliphatic heterocycles. The topological polar surface area (TPSA) is 107 Å². The molecular weight excluding hydrogens is 354 g/mol. The van der Waals surface area contributed by atoms with Gasteiger partial charge in [-0.3, -0.25) is 9.59 Å². The van der Waals surface area contributed by atoms with Crippen molar-refractivity contribution in [1.29, 1.82) is 0 Å². The number of ether oxygens (including phenoxy) is 1. The van der Waals surface area contributed by atoms with Crippen molar-refractivity contribution in [3.8, 4) is 11.5 Å². The number of carbonyl (C=O) groups is 2. The summed E-state index contributed by atoms with van der Waals surface area (Å²) in [5.74, 6) is 0.712. The van der Waals surface area contributed by atoms with Gasteiger partial charge in [-0.25, -0.2) is 0 Å². The Morgan fingerprint density at radius 2 is 1.73 bits per heavy atom. The van der Waals surface area contributed by atoms with Crippen molar-refractivity contribution in [3.63, 3.8) is 0 Å².